The Labute approximate surface area is 143 Å². The molecule has 0 unspecified atom stereocenters. The maximum Gasteiger partial charge on any atom is 0.356 e. The second-order valence-electron chi connectivity index (χ2n) is 5.11. The summed E-state index contributed by atoms with van der Waals surface area (Å²) in [7, 11) is 1.56. The van der Waals surface area contributed by atoms with Crippen LogP contribution in [0, 0.1) is 11.6 Å². The molecular formula is C16H18F2N4O3. The highest BCUT2D eigenvalue weighted by atomic mass is 19.1. The lowest BCUT2D eigenvalue weighted by atomic mass is 10.1. The van der Waals surface area contributed by atoms with Crippen molar-refractivity contribution in [3.8, 4) is 0 Å². The Hall–Kier alpha value is -2.97. The normalized spacial score (nSPS) is 10.4. The van der Waals surface area contributed by atoms with Gasteiger partial charge in [0.1, 0.15) is 17.3 Å². The molecule has 0 aliphatic heterocycles. The molecule has 7 nitrogen and oxygen atoms in total. The molecule has 9 heteroatoms. The van der Waals surface area contributed by atoms with Crippen molar-refractivity contribution in [3.63, 3.8) is 0 Å². The molecule has 1 heterocycles. The highest BCUT2D eigenvalue weighted by Gasteiger charge is 2.16. The minimum absolute atomic E-state index is 0.142. The molecule has 0 bridgehead atoms. The first-order valence-electron chi connectivity index (χ1n) is 7.60. The molecule has 0 saturated carbocycles. The maximum atomic E-state index is 13.5. The molecule has 25 heavy (non-hydrogen) atoms. The van der Waals surface area contributed by atoms with Crippen molar-refractivity contribution >= 4 is 17.9 Å². The van der Waals surface area contributed by atoms with Gasteiger partial charge in [0.25, 0.3) is 0 Å². The Morgan fingerprint density at radius 2 is 2.08 bits per heavy atom. The second-order valence-corrected chi connectivity index (χ2v) is 5.11. The Morgan fingerprint density at radius 1 is 1.32 bits per heavy atom. The Balaban J connectivity index is 1.87. The minimum Gasteiger partial charge on any atom is -0.461 e. The van der Waals surface area contributed by atoms with Crippen molar-refractivity contribution in [1.82, 2.24) is 14.9 Å². The van der Waals surface area contributed by atoms with Crippen molar-refractivity contribution in [3.05, 3.63) is 47.3 Å². The molecule has 2 amide bonds. The fraction of sp³-hybridized carbons (Fsp3) is 0.312. The maximum absolute atomic E-state index is 13.5. The summed E-state index contributed by atoms with van der Waals surface area (Å²) in [5.41, 5.74) is 0.494. The summed E-state index contributed by atoms with van der Waals surface area (Å²) < 4.78 is 32.6. The number of halogens is 2. The van der Waals surface area contributed by atoms with Crippen LogP contribution in [0.1, 0.15) is 23.0 Å². The number of rotatable bonds is 6. The lowest BCUT2D eigenvalue weighted by molar-refractivity contribution is 0.0515. The van der Waals surface area contributed by atoms with E-state index in [0.29, 0.717) is 5.56 Å². The Kier molecular flexibility index (Phi) is 6.04. The number of hydrogen-bond acceptors (Lipinski definition) is 4. The van der Waals surface area contributed by atoms with Crippen LogP contribution in [0.5, 0.6) is 0 Å². The quantitative estimate of drug-likeness (QED) is 0.781. The summed E-state index contributed by atoms with van der Waals surface area (Å²) in [5.74, 6) is -1.70. The van der Waals surface area contributed by atoms with Gasteiger partial charge in [-0.05, 0) is 25.0 Å². The number of amides is 2. The minimum atomic E-state index is -0.662. The number of ether oxygens (including phenoxy) is 1. The van der Waals surface area contributed by atoms with E-state index in [0.717, 1.165) is 12.1 Å². The smallest absolute Gasteiger partial charge is 0.356 e. The third-order valence-electron chi connectivity index (χ3n) is 3.39. The second kappa shape index (κ2) is 8.22. The van der Waals surface area contributed by atoms with E-state index in [1.54, 1.807) is 14.0 Å². The third-order valence-corrected chi connectivity index (χ3v) is 3.39. The predicted octanol–water partition coefficient (Wildman–Crippen LogP) is 2.24. The highest BCUT2D eigenvalue weighted by molar-refractivity contribution is 5.91. The molecule has 0 saturated heterocycles. The molecule has 134 valence electrons. The first-order chi connectivity index (χ1) is 11.9. The van der Waals surface area contributed by atoms with Crippen LogP contribution in [-0.4, -0.2) is 34.7 Å². The number of hydrogen-bond donors (Lipinski definition) is 2. The van der Waals surface area contributed by atoms with Crippen LogP contribution in [0.15, 0.2) is 24.4 Å². The number of urea groups is 1. The third kappa shape index (κ3) is 4.75. The first-order valence-corrected chi connectivity index (χ1v) is 7.60. The zero-order chi connectivity index (χ0) is 18.4. The van der Waals surface area contributed by atoms with Gasteiger partial charge in [-0.3, -0.25) is 5.32 Å². The molecule has 0 atom stereocenters. The van der Waals surface area contributed by atoms with Gasteiger partial charge in [-0.25, -0.2) is 23.4 Å². The van der Waals surface area contributed by atoms with Crippen LogP contribution in [0.4, 0.5) is 19.5 Å². The van der Waals surface area contributed by atoms with E-state index < -0.39 is 23.6 Å². The fourth-order valence-electron chi connectivity index (χ4n) is 2.10. The predicted molar refractivity (Wildman–Crippen MR) is 86.2 cm³/mol. The van der Waals surface area contributed by atoms with E-state index in [1.807, 2.05) is 0 Å². The van der Waals surface area contributed by atoms with E-state index in [9.17, 15) is 18.4 Å². The van der Waals surface area contributed by atoms with Gasteiger partial charge in [0.2, 0.25) is 5.95 Å². The first kappa shape index (κ1) is 18.4. The van der Waals surface area contributed by atoms with Gasteiger partial charge in [-0.1, -0.05) is 6.07 Å². The lowest BCUT2D eigenvalue weighted by Gasteiger charge is -2.09. The molecule has 0 spiro atoms. The van der Waals surface area contributed by atoms with E-state index in [4.69, 9.17) is 4.74 Å². The number of benzene rings is 1. The standard InChI is InChI=1S/C16H18F2N4O3/c1-3-25-14(23)13-9-20-15(22(13)2)21-16(24)19-7-6-10-4-5-11(17)8-12(10)18/h4-5,8-9H,3,6-7H2,1-2H3,(H2,19,20,21,24). The van der Waals surface area contributed by atoms with E-state index in [-0.39, 0.29) is 31.2 Å². The summed E-state index contributed by atoms with van der Waals surface area (Å²) >= 11 is 0. The molecule has 0 fully saturated rings. The molecular weight excluding hydrogens is 334 g/mol. The lowest BCUT2D eigenvalue weighted by Crippen LogP contribution is -2.31. The van der Waals surface area contributed by atoms with Gasteiger partial charge in [0.05, 0.1) is 12.8 Å². The van der Waals surface area contributed by atoms with E-state index in [1.165, 1.54) is 16.8 Å². The molecule has 2 N–H and O–H groups in total. The van der Waals surface area contributed by atoms with Crippen LogP contribution < -0.4 is 10.6 Å². The summed E-state index contributed by atoms with van der Waals surface area (Å²) in [4.78, 5) is 27.5. The number of aromatic nitrogens is 2. The Morgan fingerprint density at radius 3 is 2.76 bits per heavy atom. The molecule has 0 aliphatic carbocycles. The van der Waals surface area contributed by atoms with Gasteiger partial charge >= 0.3 is 12.0 Å². The molecule has 2 rings (SSSR count). The van der Waals surface area contributed by atoms with Crippen molar-refractivity contribution in [2.75, 3.05) is 18.5 Å². The largest absolute Gasteiger partial charge is 0.461 e. The number of imidazole rings is 1. The number of carbonyl (C=O) groups is 2. The molecule has 1 aromatic heterocycles. The van der Waals surface area contributed by atoms with E-state index in [2.05, 4.69) is 15.6 Å². The summed E-state index contributed by atoms with van der Waals surface area (Å²) in [5, 5.41) is 5.01. The number of anilines is 1. The fourth-order valence-corrected chi connectivity index (χ4v) is 2.10. The Bertz CT molecular complexity index is 777. The zero-order valence-corrected chi connectivity index (χ0v) is 13.8. The summed E-state index contributed by atoms with van der Waals surface area (Å²) in [6, 6.07) is 2.71. The van der Waals surface area contributed by atoms with E-state index >= 15 is 0 Å². The summed E-state index contributed by atoms with van der Waals surface area (Å²) in [6.45, 7) is 2.06. The number of nitrogens with zero attached hydrogens (tertiary/aromatic N) is 2. The van der Waals surface area contributed by atoms with Crippen LogP contribution in [0.2, 0.25) is 0 Å². The van der Waals surface area contributed by atoms with Gasteiger partial charge < -0.3 is 14.6 Å². The van der Waals surface area contributed by atoms with Gasteiger partial charge in [0.15, 0.2) is 0 Å². The topological polar surface area (TPSA) is 85.2 Å². The van der Waals surface area contributed by atoms with Crippen molar-refractivity contribution in [2.45, 2.75) is 13.3 Å². The van der Waals surface area contributed by atoms with Gasteiger partial charge in [-0.15, -0.1) is 0 Å². The molecule has 1 aromatic carbocycles. The molecule has 2 aromatic rings. The summed E-state index contributed by atoms with van der Waals surface area (Å²) in [6.07, 6.45) is 1.50. The van der Waals surface area contributed by atoms with Gasteiger partial charge in [-0.2, -0.15) is 0 Å². The number of esters is 1. The van der Waals surface area contributed by atoms with Crippen LogP contribution >= 0.6 is 0 Å². The van der Waals surface area contributed by atoms with Crippen molar-refractivity contribution < 1.29 is 23.1 Å². The van der Waals surface area contributed by atoms with Crippen molar-refractivity contribution in [2.24, 2.45) is 7.05 Å². The molecule has 0 radical (unpaired) electrons. The van der Waals surface area contributed by atoms with Crippen molar-refractivity contribution in [1.29, 1.82) is 0 Å². The average molecular weight is 352 g/mol. The van der Waals surface area contributed by atoms with Crippen LogP contribution in [-0.2, 0) is 18.2 Å². The number of carbonyl (C=O) groups excluding carboxylic acids is 2. The monoisotopic (exact) mass is 352 g/mol. The SMILES string of the molecule is CCOC(=O)c1cnc(NC(=O)NCCc2ccc(F)cc2F)n1C. The zero-order valence-electron chi connectivity index (χ0n) is 13.8. The highest BCUT2D eigenvalue weighted by Crippen LogP contribution is 2.11. The van der Waals surface area contributed by atoms with Gasteiger partial charge in [0, 0.05) is 19.7 Å². The van der Waals surface area contributed by atoms with Crippen LogP contribution in [0.25, 0.3) is 0 Å². The average Bonchev–Trinajstić information content (AvgIpc) is 2.91. The van der Waals surface area contributed by atoms with Crippen LogP contribution in [0.3, 0.4) is 0 Å². The number of nitrogens with one attached hydrogen (secondary N) is 2. The molecule has 0 aliphatic rings.